The molecule has 4 aromatic carbocycles. The van der Waals surface area contributed by atoms with Gasteiger partial charge in [-0.1, -0.05) is 91.0 Å². The van der Waals surface area contributed by atoms with Gasteiger partial charge in [-0.25, -0.2) is 0 Å². The predicted molar refractivity (Wildman–Crippen MR) is 147 cm³/mol. The molecular formula is C33H26F3NO2. The van der Waals surface area contributed by atoms with Crippen molar-refractivity contribution < 1.29 is 23.1 Å². The second-order valence-corrected chi connectivity index (χ2v) is 9.61. The summed E-state index contributed by atoms with van der Waals surface area (Å²) in [6.45, 7) is 0. The van der Waals surface area contributed by atoms with Crippen LogP contribution >= 0.6 is 0 Å². The van der Waals surface area contributed by atoms with Gasteiger partial charge in [0.2, 0.25) is 0 Å². The van der Waals surface area contributed by atoms with Crippen molar-refractivity contribution in [3.05, 3.63) is 137 Å². The monoisotopic (exact) mass is 525 g/mol. The third kappa shape index (κ3) is 6.17. The van der Waals surface area contributed by atoms with Crippen LogP contribution in [-0.4, -0.2) is 16.1 Å². The van der Waals surface area contributed by atoms with Crippen molar-refractivity contribution in [1.82, 2.24) is 4.98 Å². The fourth-order valence-electron chi connectivity index (χ4n) is 4.95. The highest BCUT2D eigenvalue weighted by molar-refractivity contribution is 5.98. The minimum absolute atomic E-state index is 0.0103. The average molecular weight is 526 g/mol. The summed E-state index contributed by atoms with van der Waals surface area (Å²) in [6.07, 6.45) is -0.913. The Hall–Kier alpha value is -4.45. The molecule has 6 heteroatoms. The summed E-state index contributed by atoms with van der Waals surface area (Å²) in [5.74, 6) is -0.864. The molecule has 0 bridgehead atoms. The summed E-state index contributed by atoms with van der Waals surface area (Å²) in [5, 5.41) is 9.45. The van der Waals surface area contributed by atoms with Crippen molar-refractivity contribution in [2.24, 2.45) is 0 Å². The van der Waals surface area contributed by atoms with Crippen LogP contribution in [0.25, 0.3) is 22.0 Å². The number of fused-ring (bicyclic) bond motifs is 1. The molecule has 39 heavy (non-hydrogen) atoms. The van der Waals surface area contributed by atoms with Crippen molar-refractivity contribution in [2.45, 2.75) is 31.9 Å². The molecule has 0 amide bonds. The summed E-state index contributed by atoms with van der Waals surface area (Å²) in [4.78, 5) is 15.2. The zero-order chi connectivity index (χ0) is 27.4. The number of pyridine rings is 1. The number of carboxylic acid groups (broad SMARTS) is 1. The standard InChI is InChI=1S/C33H26F3NO2/c34-33(35,36)29-11-5-10-28-31(27(21-37-32(28)29)19-23-6-2-1-3-7-23)26-9-4-8-24(18-26)15-12-22-13-16-25(17-14-22)20-30(38)39/h1-11,13-14,16-18,21H,12,15,19-20H2,(H,38,39). The Morgan fingerprint density at radius 1 is 0.744 bits per heavy atom. The molecule has 0 unspecified atom stereocenters. The van der Waals surface area contributed by atoms with E-state index in [1.165, 1.54) is 6.07 Å². The molecule has 0 aliphatic heterocycles. The van der Waals surface area contributed by atoms with Crippen LogP contribution in [0.5, 0.6) is 0 Å². The van der Waals surface area contributed by atoms with Gasteiger partial charge in [0.15, 0.2) is 0 Å². The first-order chi connectivity index (χ1) is 18.8. The van der Waals surface area contributed by atoms with Gasteiger partial charge in [0.05, 0.1) is 17.5 Å². The number of rotatable bonds is 8. The van der Waals surface area contributed by atoms with Gasteiger partial charge < -0.3 is 5.11 Å². The molecule has 0 atom stereocenters. The highest BCUT2D eigenvalue weighted by Gasteiger charge is 2.33. The van der Waals surface area contributed by atoms with Gasteiger partial charge in [0.1, 0.15) is 0 Å². The zero-order valence-corrected chi connectivity index (χ0v) is 21.1. The Balaban J connectivity index is 1.52. The molecule has 0 radical (unpaired) electrons. The first kappa shape index (κ1) is 26.2. The molecule has 3 nitrogen and oxygen atoms in total. The number of carboxylic acids is 1. The van der Waals surface area contributed by atoms with E-state index in [1.54, 1.807) is 12.3 Å². The summed E-state index contributed by atoms with van der Waals surface area (Å²) in [5.41, 5.74) is 5.62. The van der Waals surface area contributed by atoms with Crippen LogP contribution in [0, 0.1) is 0 Å². The third-order valence-electron chi connectivity index (χ3n) is 6.82. The van der Waals surface area contributed by atoms with E-state index in [2.05, 4.69) is 4.98 Å². The van der Waals surface area contributed by atoms with E-state index in [4.69, 9.17) is 5.11 Å². The lowest BCUT2D eigenvalue weighted by atomic mass is 9.90. The Morgan fingerprint density at radius 3 is 2.13 bits per heavy atom. The molecule has 0 aliphatic rings. The van der Waals surface area contributed by atoms with Crippen molar-refractivity contribution >= 4 is 16.9 Å². The summed E-state index contributed by atoms with van der Waals surface area (Å²) < 4.78 is 41.5. The van der Waals surface area contributed by atoms with E-state index in [-0.39, 0.29) is 11.9 Å². The maximum absolute atomic E-state index is 13.8. The molecule has 196 valence electrons. The largest absolute Gasteiger partial charge is 0.481 e. The van der Waals surface area contributed by atoms with Crippen LogP contribution in [0.15, 0.2) is 103 Å². The Labute approximate surface area is 224 Å². The van der Waals surface area contributed by atoms with E-state index in [1.807, 2.05) is 78.9 Å². The topological polar surface area (TPSA) is 50.2 Å². The van der Waals surface area contributed by atoms with Crippen molar-refractivity contribution in [3.63, 3.8) is 0 Å². The van der Waals surface area contributed by atoms with E-state index in [0.717, 1.165) is 57.9 Å². The molecule has 1 N–H and O–H groups in total. The van der Waals surface area contributed by atoms with Crippen molar-refractivity contribution in [2.75, 3.05) is 0 Å². The SMILES string of the molecule is O=C(O)Cc1ccc(CCc2cccc(-c3c(Cc4ccccc4)cnc4c(C(F)(F)F)cccc34)c2)cc1. The highest BCUT2D eigenvalue weighted by Crippen LogP contribution is 2.39. The first-order valence-corrected chi connectivity index (χ1v) is 12.7. The Morgan fingerprint density at radius 2 is 1.41 bits per heavy atom. The lowest BCUT2D eigenvalue weighted by molar-refractivity contribution is -0.137. The zero-order valence-electron chi connectivity index (χ0n) is 21.1. The molecule has 0 fully saturated rings. The van der Waals surface area contributed by atoms with Gasteiger partial charge >= 0.3 is 12.1 Å². The molecule has 0 spiro atoms. The summed E-state index contributed by atoms with van der Waals surface area (Å²) >= 11 is 0. The van der Waals surface area contributed by atoms with Crippen molar-refractivity contribution in [1.29, 1.82) is 0 Å². The summed E-state index contributed by atoms with van der Waals surface area (Å²) in [7, 11) is 0. The van der Waals surface area contributed by atoms with Gasteiger partial charge in [-0.05, 0) is 64.3 Å². The average Bonchev–Trinajstić information content (AvgIpc) is 2.92. The molecule has 1 heterocycles. The Kier molecular flexibility index (Phi) is 7.46. The Bertz CT molecular complexity index is 1610. The molecule has 5 aromatic rings. The van der Waals surface area contributed by atoms with E-state index in [9.17, 15) is 18.0 Å². The molecule has 0 saturated carbocycles. The van der Waals surface area contributed by atoms with E-state index in [0.29, 0.717) is 11.8 Å². The normalized spacial score (nSPS) is 11.6. The fraction of sp³-hybridized carbons (Fsp3) is 0.152. The van der Waals surface area contributed by atoms with E-state index >= 15 is 0 Å². The molecule has 5 rings (SSSR count). The predicted octanol–water partition coefficient (Wildman–Crippen LogP) is 7.92. The maximum Gasteiger partial charge on any atom is 0.418 e. The van der Waals surface area contributed by atoms with Crippen LogP contribution in [0.4, 0.5) is 13.2 Å². The van der Waals surface area contributed by atoms with Gasteiger partial charge in [-0.3, -0.25) is 9.78 Å². The van der Waals surface area contributed by atoms with E-state index < -0.39 is 17.7 Å². The number of aromatic nitrogens is 1. The maximum atomic E-state index is 13.8. The fourth-order valence-corrected chi connectivity index (χ4v) is 4.95. The number of hydrogen-bond donors (Lipinski definition) is 1. The van der Waals surface area contributed by atoms with Crippen LogP contribution in [0.3, 0.4) is 0 Å². The number of aliphatic carboxylic acids is 1. The third-order valence-corrected chi connectivity index (χ3v) is 6.82. The van der Waals surface area contributed by atoms with Gasteiger partial charge in [0.25, 0.3) is 0 Å². The van der Waals surface area contributed by atoms with Gasteiger partial charge in [-0.2, -0.15) is 13.2 Å². The quantitative estimate of drug-likeness (QED) is 0.224. The van der Waals surface area contributed by atoms with Gasteiger partial charge in [0, 0.05) is 11.6 Å². The lowest BCUT2D eigenvalue weighted by Crippen LogP contribution is -2.07. The second kappa shape index (κ2) is 11.1. The van der Waals surface area contributed by atoms with Crippen LogP contribution in [-0.2, 0) is 36.7 Å². The highest BCUT2D eigenvalue weighted by atomic mass is 19.4. The number of aryl methyl sites for hydroxylation is 2. The molecular weight excluding hydrogens is 499 g/mol. The molecule has 1 aromatic heterocycles. The lowest BCUT2D eigenvalue weighted by Gasteiger charge is -2.17. The number of carbonyl (C=O) groups is 1. The van der Waals surface area contributed by atoms with Crippen LogP contribution in [0.2, 0.25) is 0 Å². The number of halogens is 3. The smallest absolute Gasteiger partial charge is 0.418 e. The first-order valence-electron chi connectivity index (χ1n) is 12.7. The number of hydrogen-bond acceptors (Lipinski definition) is 2. The number of benzene rings is 4. The van der Waals surface area contributed by atoms with Crippen LogP contribution < -0.4 is 0 Å². The minimum atomic E-state index is -4.51. The van der Waals surface area contributed by atoms with Crippen LogP contribution in [0.1, 0.15) is 33.4 Å². The summed E-state index contributed by atoms with van der Waals surface area (Å²) in [6, 6.07) is 29.5. The van der Waals surface area contributed by atoms with Crippen molar-refractivity contribution in [3.8, 4) is 11.1 Å². The molecule has 0 aliphatic carbocycles. The number of alkyl halides is 3. The van der Waals surface area contributed by atoms with Gasteiger partial charge in [-0.15, -0.1) is 0 Å². The number of nitrogens with zero attached hydrogens (tertiary/aromatic N) is 1. The minimum Gasteiger partial charge on any atom is -0.481 e. The number of para-hydroxylation sites is 1. The second-order valence-electron chi connectivity index (χ2n) is 9.61. The molecule has 0 saturated heterocycles.